The van der Waals surface area contributed by atoms with E-state index >= 15 is 0 Å². The molecule has 0 aliphatic carbocycles. The van der Waals surface area contributed by atoms with Crippen molar-refractivity contribution in [1.29, 1.82) is 0 Å². The number of aromatic nitrogens is 5. The van der Waals surface area contributed by atoms with Crippen molar-refractivity contribution in [2.45, 2.75) is 20.1 Å². The van der Waals surface area contributed by atoms with Crippen LogP contribution >= 0.6 is 0 Å². The molecule has 0 bridgehead atoms. The highest BCUT2D eigenvalue weighted by Crippen LogP contribution is 2.27. The average molecular weight is 408 g/mol. The second-order valence-corrected chi connectivity index (χ2v) is 6.64. The van der Waals surface area contributed by atoms with Gasteiger partial charge in [-0.05, 0) is 30.7 Å². The Labute approximate surface area is 172 Å². The van der Waals surface area contributed by atoms with Crippen molar-refractivity contribution in [2.75, 3.05) is 19.5 Å². The Morgan fingerprint density at radius 3 is 2.63 bits per heavy atom. The van der Waals surface area contributed by atoms with Crippen molar-refractivity contribution in [1.82, 2.24) is 24.5 Å². The maximum absolute atomic E-state index is 13.4. The fourth-order valence-corrected chi connectivity index (χ4v) is 3.21. The third kappa shape index (κ3) is 3.92. The molecule has 2 heterocycles. The molecule has 0 atom stereocenters. The lowest BCUT2D eigenvalue weighted by Crippen LogP contribution is -2.11. The molecule has 9 heteroatoms. The number of aryl methyl sites for hydroxylation is 1. The number of halogens is 1. The SMILES string of the molecule is COCc1cccc2c1nc(OC)n2-c1nc(C)nc(NCc2cccc(F)c2)n1. The number of benzene rings is 2. The summed E-state index contributed by atoms with van der Waals surface area (Å²) in [6.07, 6.45) is 0. The number of rotatable bonds is 7. The molecule has 0 spiro atoms. The van der Waals surface area contributed by atoms with Crippen molar-refractivity contribution < 1.29 is 13.9 Å². The predicted octanol–water partition coefficient (Wildman–Crippen LogP) is 3.43. The van der Waals surface area contributed by atoms with E-state index in [-0.39, 0.29) is 5.82 Å². The average Bonchev–Trinajstić information content (AvgIpc) is 3.12. The maximum atomic E-state index is 13.4. The van der Waals surface area contributed by atoms with Gasteiger partial charge in [0.15, 0.2) is 0 Å². The van der Waals surface area contributed by atoms with Gasteiger partial charge in [0, 0.05) is 19.2 Å². The molecule has 2 aromatic carbocycles. The first-order chi connectivity index (χ1) is 14.6. The van der Waals surface area contributed by atoms with Crippen LogP contribution in [0.5, 0.6) is 6.01 Å². The Hall–Kier alpha value is -3.59. The Bertz CT molecular complexity index is 1190. The fraction of sp³-hybridized carbons (Fsp3) is 0.238. The molecule has 0 saturated heterocycles. The summed E-state index contributed by atoms with van der Waals surface area (Å²) < 4.78 is 25.9. The van der Waals surface area contributed by atoms with E-state index in [2.05, 4.69) is 25.3 Å². The summed E-state index contributed by atoms with van der Waals surface area (Å²) >= 11 is 0. The number of nitrogens with zero attached hydrogens (tertiary/aromatic N) is 5. The van der Waals surface area contributed by atoms with Crippen LogP contribution in [0.1, 0.15) is 17.0 Å². The third-order valence-electron chi connectivity index (χ3n) is 4.50. The molecule has 4 rings (SSSR count). The number of anilines is 1. The van der Waals surface area contributed by atoms with E-state index in [1.165, 1.54) is 12.1 Å². The third-order valence-corrected chi connectivity index (χ3v) is 4.50. The molecule has 0 saturated carbocycles. The summed E-state index contributed by atoms with van der Waals surface area (Å²) in [5.41, 5.74) is 3.26. The molecule has 0 amide bonds. The summed E-state index contributed by atoms with van der Waals surface area (Å²) in [6, 6.07) is 12.5. The van der Waals surface area contributed by atoms with Gasteiger partial charge in [0.2, 0.25) is 11.9 Å². The van der Waals surface area contributed by atoms with Crippen LogP contribution in [0.15, 0.2) is 42.5 Å². The van der Waals surface area contributed by atoms with Crippen molar-refractivity contribution in [2.24, 2.45) is 0 Å². The zero-order valence-corrected chi connectivity index (χ0v) is 16.9. The summed E-state index contributed by atoms with van der Waals surface area (Å²) in [5, 5.41) is 3.13. The van der Waals surface area contributed by atoms with Gasteiger partial charge in [-0.15, -0.1) is 0 Å². The first-order valence-electron chi connectivity index (χ1n) is 9.33. The zero-order chi connectivity index (χ0) is 21.1. The van der Waals surface area contributed by atoms with Crippen LogP contribution in [0.3, 0.4) is 0 Å². The highest BCUT2D eigenvalue weighted by Gasteiger charge is 2.18. The van der Waals surface area contributed by atoms with E-state index in [1.807, 2.05) is 24.3 Å². The minimum atomic E-state index is -0.289. The monoisotopic (exact) mass is 408 g/mol. The van der Waals surface area contributed by atoms with Gasteiger partial charge in [0.05, 0.1) is 24.8 Å². The van der Waals surface area contributed by atoms with Crippen molar-refractivity contribution in [3.8, 4) is 12.0 Å². The van der Waals surface area contributed by atoms with Gasteiger partial charge in [-0.1, -0.05) is 24.3 Å². The number of ether oxygens (including phenoxy) is 2. The number of imidazole rings is 1. The van der Waals surface area contributed by atoms with Gasteiger partial charge in [0.1, 0.15) is 11.6 Å². The Balaban J connectivity index is 1.73. The molecule has 8 nitrogen and oxygen atoms in total. The number of hydrogen-bond donors (Lipinski definition) is 1. The summed E-state index contributed by atoms with van der Waals surface area (Å²) in [7, 11) is 3.18. The lowest BCUT2D eigenvalue weighted by Gasteiger charge is -2.10. The van der Waals surface area contributed by atoms with Gasteiger partial charge in [-0.2, -0.15) is 19.9 Å². The van der Waals surface area contributed by atoms with E-state index in [0.717, 1.165) is 22.2 Å². The van der Waals surface area contributed by atoms with Crippen LogP contribution in [0.25, 0.3) is 17.0 Å². The summed E-state index contributed by atoms with van der Waals surface area (Å²) in [4.78, 5) is 17.9. The highest BCUT2D eigenvalue weighted by atomic mass is 19.1. The Morgan fingerprint density at radius 1 is 1.03 bits per heavy atom. The summed E-state index contributed by atoms with van der Waals surface area (Å²) in [6.45, 7) is 2.58. The normalized spacial score (nSPS) is 11.1. The smallest absolute Gasteiger partial charge is 0.304 e. The van der Waals surface area contributed by atoms with Crippen LogP contribution < -0.4 is 10.1 Å². The van der Waals surface area contributed by atoms with E-state index in [9.17, 15) is 4.39 Å². The summed E-state index contributed by atoms with van der Waals surface area (Å²) in [5.74, 6) is 0.985. The molecule has 30 heavy (non-hydrogen) atoms. The Kier molecular flexibility index (Phi) is 5.53. The second kappa shape index (κ2) is 8.42. The van der Waals surface area contributed by atoms with Gasteiger partial charge in [0.25, 0.3) is 0 Å². The molecule has 0 aliphatic heterocycles. The highest BCUT2D eigenvalue weighted by molar-refractivity contribution is 5.81. The van der Waals surface area contributed by atoms with E-state index in [0.29, 0.717) is 36.9 Å². The minimum absolute atomic E-state index is 0.289. The van der Waals surface area contributed by atoms with Crippen molar-refractivity contribution in [3.63, 3.8) is 0 Å². The molecule has 0 fully saturated rings. The molecule has 154 valence electrons. The predicted molar refractivity (Wildman–Crippen MR) is 110 cm³/mol. The minimum Gasteiger partial charge on any atom is -0.468 e. The molecule has 2 aromatic heterocycles. The quantitative estimate of drug-likeness (QED) is 0.501. The molecular formula is C21H21FN6O2. The van der Waals surface area contributed by atoms with Gasteiger partial charge in [-0.25, -0.2) is 8.96 Å². The van der Waals surface area contributed by atoms with Crippen LogP contribution in [-0.2, 0) is 17.9 Å². The largest absolute Gasteiger partial charge is 0.468 e. The van der Waals surface area contributed by atoms with E-state index in [4.69, 9.17) is 9.47 Å². The van der Waals surface area contributed by atoms with Gasteiger partial charge in [-0.3, -0.25) is 0 Å². The lowest BCUT2D eigenvalue weighted by atomic mass is 10.2. The molecule has 0 unspecified atom stereocenters. The number of fused-ring (bicyclic) bond motifs is 1. The number of methoxy groups -OCH3 is 2. The number of para-hydroxylation sites is 1. The first-order valence-corrected chi connectivity index (χ1v) is 9.33. The molecule has 1 N–H and O–H groups in total. The van der Waals surface area contributed by atoms with Crippen LogP contribution in [0.4, 0.5) is 10.3 Å². The van der Waals surface area contributed by atoms with Crippen molar-refractivity contribution >= 4 is 17.0 Å². The second-order valence-electron chi connectivity index (χ2n) is 6.64. The standard InChI is InChI=1S/C21H21FN6O2/c1-13-24-19(23-11-14-6-4-8-16(22)10-14)27-20(25-13)28-17-9-5-7-15(12-29-2)18(17)26-21(28)30-3/h4-10H,11-12H2,1-3H3,(H,23,24,25,27). The maximum Gasteiger partial charge on any atom is 0.304 e. The molecular weight excluding hydrogens is 387 g/mol. The first kappa shape index (κ1) is 19.7. The van der Waals surface area contributed by atoms with Gasteiger partial charge >= 0.3 is 6.01 Å². The van der Waals surface area contributed by atoms with E-state index < -0.39 is 0 Å². The number of nitrogens with one attached hydrogen (secondary N) is 1. The fourth-order valence-electron chi connectivity index (χ4n) is 3.21. The van der Waals surface area contributed by atoms with Crippen LogP contribution in [0.2, 0.25) is 0 Å². The lowest BCUT2D eigenvalue weighted by molar-refractivity contribution is 0.186. The van der Waals surface area contributed by atoms with Crippen LogP contribution in [-0.4, -0.2) is 38.7 Å². The zero-order valence-electron chi connectivity index (χ0n) is 16.9. The molecule has 4 aromatic rings. The molecule has 0 aliphatic rings. The van der Waals surface area contributed by atoms with Crippen LogP contribution in [0, 0.1) is 12.7 Å². The Morgan fingerprint density at radius 2 is 1.87 bits per heavy atom. The van der Waals surface area contributed by atoms with Crippen molar-refractivity contribution in [3.05, 3.63) is 65.2 Å². The topological polar surface area (TPSA) is 87.0 Å². The molecule has 0 radical (unpaired) electrons. The number of hydrogen-bond acceptors (Lipinski definition) is 7. The van der Waals surface area contributed by atoms with Gasteiger partial charge < -0.3 is 14.8 Å². The van der Waals surface area contributed by atoms with E-state index in [1.54, 1.807) is 31.8 Å².